The molecule has 7 nitrogen and oxygen atoms in total. The van der Waals surface area contributed by atoms with Gasteiger partial charge in [0.25, 0.3) is 5.56 Å². The Balaban J connectivity index is 1.86. The molecule has 0 spiro atoms. The molecule has 0 radical (unpaired) electrons. The molecule has 0 bridgehead atoms. The number of para-hydroxylation sites is 1. The zero-order valence-electron chi connectivity index (χ0n) is 20.4. The Morgan fingerprint density at radius 3 is 2.32 bits per heavy atom. The molecule has 1 heterocycles. The van der Waals surface area contributed by atoms with Crippen molar-refractivity contribution in [2.24, 2.45) is 0 Å². The van der Waals surface area contributed by atoms with E-state index in [0.717, 1.165) is 43.7 Å². The molecule has 0 saturated carbocycles. The average molecular weight is 483 g/mol. The quantitative estimate of drug-likeness (QED) is 0.391. The highest BCUT2D eigenvalue weighted by Crippen LogP contribution is 2.31. The standard InChI is InChI=1S/C26H34N4O3S/c1-5-29(6-2)13-10-14-30(26(34)27-21-11-8-7-9-12-21)18-20-15-19-16-23(32-3)24(33-4)17-22(19)28-25(20)31/h7-9,11-12,15-17H,5-6,10,13-14,18H2,1-4H3,(H,27,34)(H,28,31). The number of fused-ring (bicyclic) bond motifs is 1. The number of rotatable bonds is 11. The van der Waals surface area contributed by atoms with Crippen LogP contribution in [-0.4, -0.2) is 60.3 Å². The summed E-state index contributed by atoms with van der Waals surface area (Å²) in [5.74, 6) is 1.19. The molecule has 1 aromatic heterocycles. The monoisotopic (exact) mass is 482 g/mol. The molecule has 34 heavy (non-hydrogen) atoms. The van der Waals surface area contributed by atoms with E-state index in [9.17, 15) is 4.79 Å². The van der Waals surface area contributed by atoms with E-state index in [4.69, 9.17) is 21.7 Å². The zero-order chi connectivity index (χ0) is 24.5. The summed E-state index contributed by atoms with van der Waals surface area (Å²) in [6, 6.07) is 15.4. The van der Waals surface area contributed by atoms with Gasteiger partial charge in [-0.15, -0.1) is 0 Å². The highest BCUT2D eigenvalue weighted by molar-refractivity contribution is 7.80. The molecule has 3 aromatic rings. The Labute approximate surface area is 206 Å². The van der Waals surface area contributed by atoms with Crippen LogP contribution in [0.5, 0.6) is 11.5 Å². The molecule has 3 rings (SSSR count). The predicted octanol–water partition coefficient (Wildman–Crippen LogP) is 4.48. The van der Waals surface area contributed by atoms with Crippen LogP contribution in [0.2, 0.25) is 0 Å². The van der Waals surface area contributed by atoms with Crippen LogP contribution in [-0.2, 0) is 6.54 Å². The van der Waals surface area contributed by atoms with Crippen molar-refractivity contribution >= 4 is 33.9 Å². The summed E-state index contributed by atoms with van der Waals surface area (Å²) in [5, 5.41) is 4.78. The summed E-state index contributed by atoms with van der Waals surface area (Å²) in [6.07, 6.45) is 0.939. The van der Waals surface area contributed by atoms with Crippen LogP contribution in [0.15, 0.2) is 53.3 Å². The van der Waals surface area contributed by atoms with Crippen LogP contribution in [0.1, 0.15) is 25.8 Å². The van der Waals surface area contributed by atoms with Gasteiger partial charge >= 0.3 is 0 Å². The fraction of sp³-hybridized carbons (Fsp3) is 0.385. The highest BCUT2D eigenvalue weighted by atomic mass is 32.1. The largest absolute Gasteiger partial charge is 0.493 e. The molecule has 0 unspecified atom stereocenters. The lowest BCUT2D eigenvalue weighted by Crippen LogP contribution is -2.38. The molecule has 2 N–H and O–H groups in total. The number of benzene rings is 2. The van der Waals surface area contributed by atoms with Gasteiger partial charge in [0.1, 0.15) is 0 Å². The molecule has 8 heteroatoms. The molecule has 0 amide bonds. The SMILES string of the molecule is CCN(CC)CCCN(Cc1cc2cc(OC)c(OC)cc2[nH]c1=O)C(=S)Nc1ccccc1. The van der Waals surface area contributed by atoms with Gasteiger partial charge in [0, 0.05) is 29.2 Å². The van der Waals surface area contributed by atoms with Crippen molar-refractivity contribution in [1.29, 1.82) is 0 Å². The predicted molar refractivity (Wildman–Crippen MR) is 143 cm³/mol. The molecule has 0 aliphatic rings. The van der Waals surface area contributed by atoms with Gasteiger partial charge in [0.2, 0.25) is 0 Å². The number of hydrogen-bond donors (Lipinski definition) is 2. The van der Waals surface area contributed by atoms with Crippen LogP contribution < -0.4 is 20.3 Å². The van der Waals surface area contributed by atoms with E-state index in [1.165, 1.54) is 0 Å². The first-order valence-corrected chi connectivity index (χ1v) is 12.0. The number of H-pyrrole nitrogens is 1. The Morgan fingerprint density at radius 2 is 1.68 bits per heavy atom. The van der Waals surface area contributed by atoms with Crippen molar-refractivity contribution in [3.8, 4) is 11.5 Å². The van der Waals surface area contributed by atoms with E-state index in [2.05, 4.69) is 33.9 Å². The lowest BCUT2D eigenvalue weighted by atomic mass is 10.1. The molecule has 2 aromatic carbocycles. The third-order valence-electron chi connectivity index (χ3n) is 5.90. The van der Waals surface area contributed by atoms with E-state index < -0.39 is 0 Å². The molecule has 0 aliphatic carbocycles. The first-order chi connectivity index (χ1) is 16.5. The smallest absolute Gasteiger partial charge is 0.253 e. The maximum absolute atomic E-state index is 13.0. The lowest BCUT2D eigenvalue weighted by Gasteiger charge is -2.27. The second-order valence-electron chi connectivity index (χ2n) is 8.02. The number of nitrogens with zero attached hydrogens (tertiary/aromatic N) is 2. The summed E-state index contributed by atoms with van der Waals surface area (Å²) in [7, 11) is 3.18. The molecule has 0 saturated heterocycles. The van der Waals surface area contributed by atoms with E-state index >= 15 is 0 Å². The van der Waals surface area contributed by atoms with Crippen LogP contribution in [0, 0.1) is 0 Å². The second kappa shape index (κ2) is 12.4. The van der Waals surface area contributed by atoms with Gasteiger partial charge in [-0.25, -0.2) is 0 Å². The number of thiocarbonyl (C=S) groups is 1. The van der Waals surface area contributed by atoms with Crippen molar-refractivity contribution in [1.82, 2.24) is 14.8 Å². The van der Waals surface area contributed by atoms with Crippen LogP contribution in [0.25, 0.3) is 10.9 Å². The summed E-state index contributed by atoms with van der Waals surface area (Å²) in [5.41, 5.74) is 2.12. The third kappa shape index (κ3) is 6.48. The topological polar surface area (TPSA) is 69.8 Å². The Morgan fingerprint density at radius 1 is 1.00 bits per heavy atom. The minimum Gasteiger partial charge on any atom is -0.493 e. The number of nitrogens with one attached hydrogen (secondary N) is 2. The molecular weight excluding hydrogens is 448 g/mol. The first-order valence-electron chi connectivity index (χ1n) is 11.6. The minimum atomic E-state index is -0.143. The first kappa shape index (κ1) is 25.5. The number of anilines is 1. The van der Waals surface area contributed by atoms with Gasteiger partial charge in [-0.1, -0.05) is 32.0 Å². The van der Waals surface area contributed by atoms with E-state index in [1.54, 1.807) is 20.3 Å². The number of aromatic amines is 1. The van der Waals surface area contributed by atoms with Crippen molar-refractivity contribution in [2.75, 3.05) is 45.7 Å². The third-order valence-corrected chi connectivity index (χ3v) is 6.26. The van der Waals surface area contributed by atoms with Crippen molar-refractivity contribution in [2.45, 2.75) is 26.8 Å². The second-order valence-corrected chi connectivity index (χ2v) is 8.40. The number of ether oxygens (including phenoxy) is 2. The van der Waals surface area contributed by atoms with Crippen molar-refractivity contribution < 1.29 is 9.47 Å². The Bertz CT molecular complexity index is 1150. The van der Waals surface area contributed by atoms with Crippen LogP contribution in [0.4, 0.5) is 5.69 Å². The van der Waals surface area contributed by atoms with E-state index in [0.29, 0.717) is 34.2 Å². The van der Waals surface area contributed by atoms with Gasteiger partial charge in [0.05, 0.1) is 26.3 Å². The number of pyridine rings is 1. The van der Waals surface area contributed by atoms with Gasteiger partial charge in [-0.05, 0) is 62.5 Å². The van der Waals surface area contributed by atoms with Crippen molar-refractivity contribution in [3.63, 3.8) is 0 Å². The minimum absolute atomic E-state index is 0.143. The van der Waals surface area contributed by atoms with Crippen LogP contribution in [0.3, 0.4) is 0 Å². The fourth-order valence-corrected chi connectivity index (χ4v) is 4.18. The van der Waals surface area contributed by atoms with E-state index in [-0.39, 0.29) is 5.56 Å². The maximum atomic E-state index is 13.0. The summed E-state index contributed by atoms with van der Waals surface area (Å²) < 4.78 is 10.8. The van der Waals surface area contributed by atoms with Crippen molar-refractivity contribution in [3.05, 3.63) is 64.4 Å². The maximum Gasteiger partial charge on any atom is 0.253 e. The Kier molecular flexibility index (Phi) is 9.30. The fourth-order valence-electron chi connectivity index (χ4n) is 3.90. The van der Waals surface area contributed by atoms with Gasteiger partial charge in [-0.3, -0.25) is 4.79 Å². The average Bonchev–Trinajstić information content (AvgIpc) is 2.86. The van der Waals surface area contributed by atoms with Crippen LogP contribution >= 0.6 is 12.2 Å². The van der Waals surface area contributed by atoms with Gasteiger partial charge in [-0.2, -0.15) is 0 Å². The molecule has 0 aliphatic heterocycles. The highest BCUT2D eigenvalue weighted by Gasteiger charge is 2.15. The number of methoxy groups -OCH3 is 2. The summed E-state index contributed by atoms with van der Waals surface area (Å²) >= 11 is 5.76. The zero-order valence-corrected chi connectivity index (χ0v) is 21.2. The molecule has 182 valence electrons. The molecule has 0 atom stereocenters. The Hall–Kier alpha value is -3.10. The van der Waals surface area contributed by atoms with Gasteiger partial charge in [0.15, 0.2) is 16.6 Å². The summed E-state index contributed by atoms with van der Waals surface area (Å²) in [4.78, 5) is 20.4. The lowest BCUT2D eigenvalue weighted by molar-refractivity contribution is 0.281. The summed E-state index contributed by atoms with van der Waals surface area (Å²) in [6.45, 7) is 8.47. The number of aromatic nitrogens is 1. The normalized spacial score (nSPS) is 11.0. The van der Waals surface area contributed by atoms with Gasteiger partial charge < -0.3 is 29.6 Å². The molecular formula is C26H34N4O3S. The number of hydrogen-bond acceptors (Lipinski definition) is 5. The molecule has 0 fully saturated rings. The van der Waals surface area contributed by atoms with E-state index in [1.807, 2.05) is 42.5 Å².